The Hall–Kier alpha value is -2.96. The van der Waals surface area contributed by atoms with Crippen LogP contribution >= 0.6 is 0 Å². The first kappa shape index (κ1) is 17.2. The number of aromatic nitrogens is 3. The van der Waals surface area contributed by atoms with Gasteiger partial charge in [0.25, 0.3) is 5.69 Å². The SMILES string of the molecule is CC(C)(C)c1cnc(-c2nn(-c3ccc([N+](=O)[O-])cc3)c3c2C2CCC3C2)o1. The van der Waals surface area contributed by atoms with Gasteiger partial charge in [-0.15, -0.1) is 0 Å². The number of hydrogen-bond acceptors (Lipinski definition) is 5. The Morgan fingerprint density at radius 1 is 1.18 bits per heavy atom. The van der Waals surface area contributed by atoms with Crippen molar-refractivity contribution in [3.63, 3.8) is 0 Å². The number of nitro groups is 1. The van der Waals surface area contributed by atoms with E-state index in [2.05, 4.69) is 25.8 Å². The molecule has 1 fully saturated rings. The number of nitrogens with zero attached hydrogens (tertiary/aromatic N) is 4. The fraction of sp³-hybridized carbons (Fsp3) is 0.429. The highest BCUT2D eigenvalue weighted by Gasteiger charge is 2.44. The van der Waals surface area contributed by atoms with E-state index in [-0.39, 0.29) is 16.0 Å². The van der Waals surface area contributed by atoms with Crippen LogP contribution < -0.4 is 0 Å². The van der Waals surface area contributed by atoms with Gasteiger partial charge in [-0.3, -0.25) is 10.1 Å². The molecule has 0 amide bonds. The molecular formula is C21H22N4O3. The summed E-state index contributed by atoms with van der Waals surface area (Å²) in [5.41, 5.74) is 4.08. The lowest BCUT2D eigenvalue weighted by molar-refractivity contribution is -0.384. The third-order valence-electron chi connectivity index (χ3n) is 5.94. The van der Waals surface area contributed by atoms with Gasteiger partial charge in [0.05, 0.1) is 22.5 Å². The van der Waals surface area contributed by atoms with E-state index in [4.69, 9.17) is 9.52 Å². The molecule has 0 aliphatic heterocycles. The van der Waals surface area contributed by atoms with Crippen LogP contribution in [0, 0.1) is 10.1 Å². The normalized spacial score (nSPS) is 20.5. The predicted molar refractivity (Wildman–Crippen MR) is 104 cm³/mol. The van der Waals surface area contributed by atoms with Gasteiger partial charge in [0, 0.05) is 29.0 Å². The van der Waals surface area contributed by atoms with E-state index < -0.39 is 0 Å². The standard InChI is InChI=1S/C21H22N4O3/c1-21(2,3)16-11-22-20(28-16)18-17-12-4-5-13(10-12)19(17)24(23-18)14-6-8-15(9-7-14)25(26)27/h6-9,11-13H,4-5,10H2,1-3H3. The van der Waals surface area contributed by atoms with Gasteiger partial charge in [-0.2, -0.15) is 5.10 Å². The van der Waals surface area contributed by atoms with Crippen molar-refractivity contribution in [2.45, 2.75) is 57.3 Å². The first-order chi connectivity index (χ1) is 13.3. The molecule has 3 aromatic rings. The van der Waals surface area contributed by atoms with Gasteiger partial charge in [0.2, 0.25) is 5.89 Å². The monoisotopic (exact) mass is 378 g/mol. The minimum absolute atomic E-state index is 0.0804. The Balaban J connectivity index is 1.64. The first-order valence-corrected chi connectivity index (χ1v) is 9.67. The lowest BCUT2D eigenvalue weighted by Crippen LogP contribution is -2.09. The van der Waals surface area contributed by atoms with E-state index in [0.29, 0.717) is 17.7 Å². The van der Waals surface area contributed by atoms with Crippen LogP contribution in [0.2, 0.25) is 0 Å². The summed E-state index contributed by atoms with van der Waals surface area (Å²) in [5.74, 6) is 2.37. The molecule has 2 bridgehead atoms. The number of hydrogen-bond donors (Lipinski definition) is 0. The molecule has 5 rings (SSSR count). The molecule has 2 aromatic heterocycles. The topological polar surface area (TPSA) is 87.0 Å². The summed E-state index contributed by atoms with van der Waals surface area (Å²) in [5, 5.41) is 15.8. The van der Waals surface area contributed by atoms with Crippen molar-refractivity contribution in [2.24, 2.45) is 0 Å². The Bertz CT molecular complexity index is 1070. The van der Waals surface area contributed by atoms with Crippen LogP contribution in [0.5, 0.6) is 0 Å². The highest BCUT2D eigenvalue weighted by atomic mass is 16.6. The first-order valence-electron chi connectivity index (χ1n) is 9.67. The van der Waals surface area contributed by atoms with Crippen LogP contribution in [-0.2, 0) is 5.41 Å². The van der Waals surface area contributed by atoms with Crippen LogP contribution in [0.15, 0.2) is 34.9 Å². The van der Waals surface area contributed by atoms with Crippen molar-refractivity contribution in [3.05, 3.63) is 57.6 Å². The fourth-order valence-electron chi connectivity index (χ4n) is 4.53. The molecule has 144 valence electrons. The Morgan fingerprint density at radius 3 is 2.54 bits per heavy atom. The lowest BCUT2D eigenvalue weighted by atomic mass is 9.94. The maximum atomic E-state index is 11.0. The molecule has 2 aliphatic carbocycles. The number of rotatable bonds is 3. The van der Waals surface area contributed by atoms with Gasteiger partial charge < -0.3 is 4.42 Å². The van der Waals surface area contributed by atoms with Crippen LogP contribution in [0.1, 0.15) is 68.9 Å². The van der Waals surface area contributed by atoms with Crippen LogP contribution in [-0.4, -0.2) is 19.7 Å². The molecule has 7 heteroatoms. The summed E-state index contributed by atoms with van der Waals surface area (Å²) < 4.78 is 8.03. The average molecular weight is 378 g/mol. The van der Waals surface area contributed by atoms with Gasteiger partial charge >= 0.3 is 0 Å². The number of non-ortho nitro benzene ring substituents is 1. The fourth-order valence-corrected chi connectivity index (χ4v) is 4.53. The highest BCUT2D eigenvalue weighted by molar-refractivity contribution is 5.62. The maximum Gasteiger partial charge on any atom is 0.269 e. The van der Waals surface area contributed by atoms with Gasteiger partial charge in [-0.1, -0.05) is 20.8 Å². The highest BCUT2D eigenvalue weighted by Crippen LogP contribution is 2.56. The molecule has 2 heterocycles. The van der Waals surface area contributed by atoms with Crippen LogP contribution in [0.4, 0.5) is 5.69 Å². The molecule has 1 aromatic carbocycles. The molecule has 0 spiro atoms. The summed E-state index contributed by atoms with van der Waals surface area (Å²) in [6.45, 7) is 6.29. The van der Waals surface area contributed by atoms with Crippen LogP contribution in [0.3, 0.4) is 0 Å². The number of benzene rings is 1. The quantitative estimate of drug-likeness (QED) is 0.467. The molecule has 0 saturated heterocycles. The number of nitro benzene ring substituents is 1. The molecule has 1 saturated carbocycles. The van der Waals surface area contributed by atoms with Crippen molar-refractivity contribution in [3.8, 4) is 17.3 Å². The zero-order valence-corrected chi connectivity index (χ0v) is 16.2. The predicted octanol–water partition coefficient (Wildman–Crippen LogP) is 5.10. The van der Waals surface area contributed by atoms with Gasteiger partial charge in [0.1, 0.15) is 5.76 Å². The van der Waals surface area contributed by atoms with Crippen molar-refractivity contribution >= 4 is 5.69 Å². The van der Waals surface area contributed by atoms with E-state index >= 15 is 0 Å². The summed E-state index contributed by atoms with van der Waals surface area (Å²) in [6, 6.07) is 6.58. The Kier molecular flexibility index (Phi) is 3.53. The molecule has 2 unspecified atom stereocenters. The van der Waals surface area contributed by atoms with Crippen molar-refractivity contribution < 1.29 is 9.34 Å². The van der Waals surface area contributed by atoms with Crippen molar-refractivity contribution in [1.82, 2.24) is 14.8 Å². The summed E-state index contributed by atoms with van der Waals surface area (Å²) in [4.78, 5) is 15.1. The summed E-state index contributed by atoms with van der Waals surface area (Å²) >= 11 is 0. The van der Waals surface area contributed by atoms with Gasteiger partial charge in [-0.25, -0.2) is 9.67 Å². The van der Waals surface area contributed by atoms with E-state index in [9.17, 15) is 10.1 Å². The molecule has 7 nitrogen and oxygen atoms in total. The minimum atomic E-state index is -0.383. The number of fused-ring (bicyclic) bond motifs is 5. The van der Waals surface area contributed by atoms with E-state index in [1.807, 2.05) is 4.68 Å². The molecular weight excluding hydrogens is 356 g/mol. The second-order valence-electron chi connectivity index (χ2n) is 8.82. The average Bonchev–Trinajstić information content (AvgIpc) is 3.41. The Labute approximate surface area is 162 Å². The smallest absolute Gasteiger partial charge is 0.269 e. The lowest BCUT2D eigenvalue weighted by Gasteiger charge is -2.14. The summed E-state index contributed by atoms with van der Waals surface area (Å²) in [7, 11) is 0. The van der Waals surface area contributed by atoms with Crippen molar-refractivity contribution in [2.75, 3.05) is 0 Å². The second-order valence-corrected chi connectivity index (χ2v) is 8.82. The zero-order chi connectivity index (χ0) is 19.6. The third kappa shape index (κ3) is 2.49. The summed E-state index contributed by atoms with van der Waals surface area (Å²) in [6.07, 6.45) is 5.26. The second kappa shape index (κ2) is 5.77. The van der Waals surface area contributed by atoms with Crippen LogP contribution in [0.25, 0.3) is 17.3 Å². The molecule has 0 N–H and O–H groups in total. The van der Waals surface area contributed by atoms with E-state index in [1.165, 1.54) is 29.8 Å². The van der Waals surface area contributed by atoms with Crippen molar-refractivity contribution in [1.29, 1.82) is 0 Å². The van der Waals surface area contributed by atoms with E-state index in [0.717, 1.165) is 30.0 Å². The van der Waals surface area contributed by atoms with Gasteiger partial charge in [-0.05, 0) is 37.3 Å². The van der Waals surface area contributed by atoms with Gasteiger partial charge in [0.15, 0.2) is 5.69 Å². The zero-order valence-electron chi connectivity index (χ0n) is 16.2. The molecule has 2 aliphatic rings. The maximum absolute atomic E-state index is 11.0. The molecule has 28 heavy (non-hydrogen) atoms. The minimum Gasteiger partial charge on any atom is -0.439 e. The molecule has 0 radical (unpaired) electrons. The number of oxazole rings is 1. The largest absolute Gasteiger partial charge is 0.439 e. The third-order valence-corrected chi connectivity index (χ3v) is 5.94. The Morgan fingerprint density at radius 2 is 1.89 bits per heavy atom. The van der Waals surface area contributed by atoms with E-state index in [1.54, 1.807) is 18.3 Å². The molecule has 2 atom stereocenters.